The summed E-state index contributed by atoms with van der Waals surface area (Å²) in [5.41, 5.74) is 3.92. The first-order chi connectivity index (χ1) is 14.8. The Morgan fingerprint density at radius 2 is 1.71 bits per heavy atom. The van der Waals surface area contributed by atoms with Crippen LogP contribution in [0.2, 0.25) is 10.0 Å². The molecule has 3 aromatic carbocycles. The number of aryl methyl sites for hydroxylation is 2. The number of halogens is 3. The minimum absolute atomic E-state index is 0.0367. The van der Waals surface area contributed by atoms with Crippen LogP contribution in [0.3, 0.4) is 0 Å². The molecule has 1 aromatic heterocycles. The molecule has 1 heterocycles. The van der Waals surface area contributed by atoms with E-state index in [1.807, 2.05) is 32.0 Å². The van der Waals surface area contributed by atoms with E-state index in [0.717, 1.165) is 16.8 Å². The van der Waals surface area contributed by atoms with Gasteiger partial charge in [0, 0.05) is 11.3 Å². The molecular formula is C23H17Cl2FN4O. The maximum Gasteiger partial charge on any atom is 0.295 e. The summed E-state index contributed by atoms with van der Waals surface area (Å²) in [5, 5.41) is 7.87. The normalized spacial score (nSPS) is 10.9. The fourth-order valence-corrected chi connectivity index (χ4v) is 3.46. The summed E-state index contributed by atoms with van der Waals surface area (Å²) >= 11 is 12.0. The fourth-order valence-electron chi connectivity index (χ4n) is 3.17. The van der Waals surface area contributed by atoms with E-state index in [1.165, 1.54) is 12.1 Å². The largest absolute Gasteiger partial charge is 0.319 e. The number of rotatable bonds is 4. The number of nitrogens with zero attached hydrogens (tertiary/aromatic N) is 3. The van der Waals surface area contributed by atoms with Crippen molar-refractivity contribution in [2.24, 2.45) is 0 Å². The molecule has 0 bridgehead atoms. The maximum atomic E-state index is 13.4. The Morgan fingerprint density at radius 1 is 0.968 bits per heavy atom. The van der Waals surface area contributed by atoms with Crippen molar-refractivity contribution in [3.8, 4) is 17.1 Å². The van der Waals surface area contributed by atoms with Crippen molar-refractivity contribution >= 4 is 34.8 Å². The van der Waals surface area contributed by atoms with Gasteiger partial charge >= 0.3 is 0 Å². The lowest BCUT2D eigenvalue weighted by atomic mass is 10.1. The Bertz CT molecular complexity index is 1290. The van der Waals surface area contributed by atoms with Crippen LogP contribution < -0.4 is 5.32 Å². The highest BCUT2D eigenvalue weighted by Crippen LogP contribution is 2.27. The number of benzene rings is 3. The van der Waals surface area contributed by atoms with Crippen molar-refractivity contribution in [2.75, 3.05) is 5.32 Å². The summed E-state index contributed by atoms with van der Waals surface area (Å²) < 4.78 is 15.0. The van der Waals surface area contributed by atoms with Gasteiger partial charge in [0.2, 0.25) is 5.82 Å². The molecule has 156 valence electrons. The molecule has 0 aliphatic heterocycles. The number of amides is 1. The van der Waals surface area contributed by atoms with Crippen molar-refractivity contribution in [1.29, 1.82) is 0 Å². The zero-order valence-corrected chi connectivity index (χ0v) is 18.2. The third kappa shape index (κ3) is 4.45. The quantitative estimate of drug-likeness (QED) is 0.396. The minimum Gasteiger partial charge on any atom is -0.319 e. The lowest BCUT2D eigenvalue weighted by Crippen LogP contribution is -2.14. The number of nitrogens with one attached hydrogen (secondary N) is 1. The molecular weight excluding hydrogens is 438 g/mol. The number of carbonyl (C=O) groups excluding carboxylic acids is 1. The van der Waals surface area contributed by atoms with Gasteiger partial charge in [-0.05, 0) is 67.9 Å². The zero-order valence-electron chi connectivity index (χ0n) is 16.7. The molecule has 8 heteroatoms. The predicted octanol–water partition coefficient (Wildman–Crippen LogP) is 6.25. The molecule has 0 saturated carbocycles. The third-order valence-electron chi connectivity index (χ3n) is 4.67. The molecule has 1 amide bonds. The van der Waals surface area contributed by atoms with Crippen LogP contribution in [0.4, 0.5) is 10.1 Å². The lowest BCUT2D eigenvalue weighted by molar-refractivity contribution is 0.101. The number of anilines is 1. The van der Waals surface area contributed by atoms with Crippen molar-refractivity contribution in [3.63, 3.8) is 0 Å². The van der Waals surface area contributed by atoms with Gasteiger partial charge in [-0.25, -0.2) is 14.1 Å². The number of hydrogen-bond donors (Lipinski definition) is 1. The second-order valence-corrected chi connectivity index (χ2v) is 7.87. The molecule has 4 aromatic rings. The van der Waals surface area contributed by atoms with Crippen molar-refractivity contribution < 1.29 is 9.18 Å². The highest BCUT2D eigenvalue weighted by molar-refractivity contribution is 6.42. The molecule has 0 aliphatic carbocycles. The van der Waals surface area contributed by atoms with Gasteiger partial charge in [0.15, 0.2) is 5.82 Å². The number of aromatic nitrogens is 3. The van der Waals surface area contributed by atoms with Crippen LogP contribution in [0.15, 0.2) is 60.7 Å². The molecule has 4 rings (SSSR count). The molecule has 0 spiro atoms. The first kappa shape index (κ1) is 21.0. The van der Waals surface area contributed by atoms with E-state index in [4.69, 9.17) is 23.2 Å². The van der Waals surface area contributed by atoms with Crippen LogP contribution >= 0.6 is 23.2 Å². The summed E-state index contributed by atoms with van der Waals surface area (Å²) in [7, 11) is 0. The van der Waals surface area contributed by atoms with Crippen LogP contribution in [-0.2, 0) is 0 Å². The van der Waals surface area contributed by atoms with Gasteiger partial charge in [-0.1, -0.05) is 40.9 Å². The third-order valence-corrected chi connectivity index (χ3v) is 5.41. The SMILES string of the molecule is Cc1ccc(-n2nc(C(=O)Nc3ccc(Cl)c(Cl)c3)nc2-c2ccc(F)cc2)c(C)c1. The predicted molar refractivity (Wildman–Crippen MR) is 121 cm³/mol. The van der Waals surface area contributed by atoms with E-state index in [1.54, 1.807) is 35.0 Å². The minimum atomic E-state index is -0.509. The molecule has 0 fully saturated rings. The van der Waals surface area contributed by atoms with E-state index >= 15 is 0 Å². The zero-order chi connectivity index (χ0) is 22.1. The van der Waals surface area contributed by atoms with Gasteiger partial charge in [-0.3, -0.25) is 4.79 Å². The van der Waals surface area contributed by atoms with E-state index in [2.05, 4.69) is 15.4 Å². The Morgan fingerprint density at radius 3 is 2.39 bits per heavy atom. The summed E-state index contributed by atoms with van der Waals surface area (Å²) in [4.78, 5) is 17.3. The standard InChI is InChI=1S/C23H17Cl2FN4O/c1-13-3-10-20(14(2)11-13)30-22(15-4-6-16(26)7-5-15)28-21(29-30)23(31)27-17-8-9-18(24)19(25)12-17/h3-12H,1-2H3,(H,27,31). The highest BCUT2D eigenvalue weighted by Gasteiger charge is 2.20. The Hall–Kier alpha value is -3.22. The maximum absolute atomic E-state index is 13.4. The second-order valence-electron chi connectivity index (χ2n) is 7.05. The first-order valence-electron chi connectivity index (χ1n) is 9.39. The fraction of sp³-hybridized carbons (Fsp3) is 0.0870. The van der Waals surface area contributed by atoms with E-state index in [-0.39, 0.29) is 11.6 Å². The van der Waals surface area contributed by atoms with Gasteiger partial charge in [0.1, 0.15) is 5.82 Å². The van der Waals surface area contributed by atoms with Gasteiger partial charge in [0.05, 0.1) is 15.7 Å². The molecule has 0 saturated heterocycles. The van der Waals surface area contributed by atoms with Crippen molar-refractivity contribution in [2.45, 2.75) is 13.8 Å². The lowest BCUT2D eigenvalue weighted by Gasteiger charge is -2.10. The first-order valence-corrected chi connectivity index (χ1v) is 10.1. The molecule has 0 atom stereocenters. The Balaban J connectivity index is 1.77. The molecule has 5 nitrogen and oxygen atoms in total. The monoisotopic (exact) mass is 454 g/mol. The molecule has 31 heavy (non-hydrogen) atoms. The van der Waals surface area contributed by atoms with Crippen LogP contribution in [0.1, 0.15) is 21.7 Å². The van der Waals surface area contributed by atoms with E-state index in [0.29, 0.717) is 27.1 Å². The van der Waals surface area contributed by atoms with Gasteiger partial charge in [0.25, 0.3) is 5.91 Å². The number of carbonyl (C=O) groups is 1. The second kappa shape index (κ2) is 8.49. The Labute approximate surface area is 188 Å². The van der Waals surface area contributed by atoms with Crippen LogP contribution in [0, 0.1) is 19.7 Å². The molecule has 0 unspecified atom stereocenters. The summed E-state index contributed by atoms with van der Waals surface area (Å²) in [6.45, 7) is 3.95. The molecule has 0 aliphatic rings. The Kier molecular flexibility index (Phi) is 5.76. The summed E-state index contributed by atoms with van der Waals surface area (Å²) in [5.74, 6) is -0.485. The van der Waals surface area contributed by atoms with Gasteiger partial charge in [-0.2, -0.15) is 0 Å². The average Bonchev–Trinajstić information content (AvgIpc) is 3.16. The van der Waals surface area contributed by atoms with Crippen LogP contribution in [-0.4, -0.2) is 20.7 Å². The smallest absolute Gasteiger partial charge is 0.295 e. The number of hydrogen-bond acceptors (Lipinski definition) is 3. The average molecular weight is 455 g/mol. The molecule has 1 N–H and O–H groups in total. The molecule has 0 radical (unpaired) electrons. The van der Waals surface area contributed by atoms with Crippen molar-refractivity contribution in [1.82, 2.24) is 14.8 Å². The van der Waals surface area contributed by atoms with Crippen molar-refractivity contribution in [3.05, 3.63) is 93.5 Å². The van der Waals surface area contributed by atoms with Crippen LogP contribution in [0.5, 0.6) is 0 Å². The summed E-state index contributed by atoms with van der Waals surface area (Å²) in [6, 6.07) is 16.5. The van der Waals surface area contributed by atoms with E-state index < -0.39 is 5.91 Å². The van der Waals surface area contributed by atoms with Gasteiger partial charge < -0.3 is 5.32 Å². The van der Waals surface area contributed by atoms with Gasteiger partial charge in [-0.15, -0.1) is 5.10 Å². The van der Waals surface area contributed by atoms with Crippen LogP contribution in [0.25, 0.3) is 17.1 Å². The summed E-state index contributed by atoms with van der Waals surface area (Å²) in [6.07, 6.45) is 0. The highest BCUT2D eigenvalue weighted by atomic mass is 35.5. The van der Waals surface area contributed by atoms with E-state index in [9.17, 15) is 9.18 Å². The topological polar surface area (TPSA) is 59.8 Å².